The van der Waals surface area contributed by atoms with Crippen LogP contribution in [-0.4, -0.2) is 27.3 Å². The summed E-state index contributed by atoms with van der Waals surface area (Å²) in [5.74, 6) is -0.164. The summed E-state index contributed by atoms with van der Waals surface area (Å²) in [5.41, 5.74) is 4.01. The zero-order valence-corrected chi connectivity index (χ0v) is 13.7. The Bertz CT molecular complexity index is 710. The maximum absolute atomic E-state index is 12.6. The average molecular weight is 314 g/mol. The molecular formula is C17H22N4O2. The third kappa shape index (κ3) is 3.12. The fourth-order valence-electron chi connectivity index (χ4n) is 2.96. The molecule has 0 radical (unpaired) electrons. The molecule has 0 bridgehead atoms. The van der Waals surface area contributed by atoms with Gasteiger partial charge in [0.25, 0.3) is 0 Å². The van der Waals surface area contributed by atoms with Crippen molar-refractivity contribution in [3.63, 3.8) is 0 Å². The topological polar surface area (TPSA) is 69.0 Å². The van der Waals surface area contributed by atoms with E-state index in [4.69, 9.17) is 4.74 Å². The van der Waals surface area contributed by atoms with Crippen LogP contribution in [0.3, 0.4) is 0 Å². The second-order valence-corrected chi connectivity index (χ2v) is 5.98. The Kier molecular flexibility index (Phi) is 4.43. The van der Waals surface area contributed by atoms with E-state index in [0.29, 0.717) is 13.2 Å². The number of carbonyl (C=O) groups excluding carboxylic acids is 1. The molecule has 0 aliphatic carbocycles. The van der Waals surface area contributed by atoms with E-state index in [0.717, 1.165) is 28.9 Å². The summed E-state index contributed by atoms with van der Waals surface area (Å²) in [6.07, 6.45) is 4.06. The molecule has 6 heteroatoms. The number of pyridine rings is 1. The zero-order valence-electron chi connectivity index (χ0n) is 13.7. The Balaban J connectivity index is 1.69. The quantitative estimate of drug-likeness (QED) is 0.935. The smallest absolute Gasteiger partial charge is 0.226 e. The molecule has 0 unspecified atom stereocenters. The van der Waals surface area contributed by atoms with E-state index in [-0.39, 0.29) is 17.9 Å². The van der Waals surface area contributed by atoms with Gasteiger partial charge in [0, 0.05) is 31.1 Å². The summed E-state index contributed by atoms with van der Waals surface area (Å²) in [6.45, 7) is 5.03. The third-order valence-corrected chi connectivity index (χ3v) is 4.56. The standard InChI is InChI=1S/C17H22N4O2/c1-11-5-4-7-18-15(11)10-19-17(22)13-6-8-23-16(13)14-9-20-21(3)12(14)2/h4-5,7,9,13,16H,6,8,10H2,1-3H3,(H,19,22)/t13-,16-/m0/s1. The van der Waals surface area contributed by atoms with Crippen LogP contribution in [0, 0.1) is 19.8 Å². The Morgan fingerprint density at radius 3 is 3.00 bits per heavy atom. The van der Waals surface area contributed by atoms with Crippen molar-refractivity contribution in [2.75, 3.05) is 6.61 Å². The van der Waals surface area contributed by atoms with Crippen LogP contribution in [0.4, 0.5) is 0 Å². The minimum atomic E-state index is -0.214. The van der Waals surface area contributed by atoms with E-state index in [1.54, 1.807) is 12.4 Å². The highest BCUT2D eigenvalue weighted by Crippen LogP contribution is 2.36. The number of amides is 1. The normalized spacial score (nSPS) is 20.7. The van der Waals surface area contributed by atoms with E-state index >= 15 is 0 Å². The zero-order chi connectivity index (χ0) is 16.4. The first-order chi connectivity index (χ1) is 11.1. The first kappa shape index (κ1) is 15.7. The van der Waals surface area contributed by atoms with E-state index in [1.807, 2.05) is 37.7 Å². The lowest BCUT2D eigenvalue weighted by Crippen LogP contribution is -2.32. The SMILES string of the molecule is Cc1cccnc1CNC(=O)[C@H]1CCO[C@@H]1c1cnn(C)c1C. The van der Waals surface area contributed by atoms with Crippen LogP contribution in [0.5, 0.6) is 0 Å². The van der Waals surface area contributed by atoms with Crippen molar-refractivity contribution in [2.24, 2.45) is 13.0 Å². The van der Waals surface area contributed by atoms with Crippen molar-refractivity contribution in [3.05, 3.63) is 47.0 Å². The van der Waals surface area contributed by atoms with Gasteiger partial charge >= 0.3 is 0 Å². The molecule has 0 spiro atoms. The van der Waals surface area contributed by atoms with Crippen molar-refractivity contribution < 1.29 is 9.53 Å². The van der Waals surface area contributed by atoms with Gasteiger partial charge in [0.15, 0.2) is 0 Å². The second-order valence-electron chi connectivity index (χ2n) is 5.98. The molecule has 2 atom stereocenters. The molecule has 23 heavy (non-hydrogen) atoms. The number of ether oxygens (including phenoxy) is 1. The monoisotopic (exact) mass is 314 g/mol. The number of aromatic nitrogens is 3. The van der Waals surface area contributed by atoms with Crippen LogP contribution in [0.2, 0.25) is 0 Å². The molecule has 1 saturated heterocycles. The molecule has 122 valence electrons. The predicted molar refractivity (Wildman–Crippen MR) is 85.6 cm³/mol. The number of aryl methyl sites for hydroxylation is 2. The Labute approximate surface area is 135 Å². The highest BCUT2D eigenvalue weighted by molar-refractivity contribution is 5.79. The molecule has 0 aromatic carbocycles. The van der Waals surface area contributed by atoms with Crippen LogP contribution in [-0.2, 0) is 23.1 Å². The molecular weight excluding hydrogens is 292 g/mol. The van der Waals surface area contributed by atoms with Gasteiger partial charge in [-0.3, -0.25) is 14.5 Å². The number of hydrogen-bond donors (Lipinski definition) is 1. The fraction of sp³-hybridized carbons (Fsp3) is 0.471. The van der Waals surface area contributed by atoms with Crippen molar-refractivity contribution in [2.45, 2.75) is 32.9 Å². The highest BCUT2D eigenvalue weighted by atomic mass is 16.5. The Morgan fingerprint density at radius 1 is 1.48 bits per heavy atom. The van der Waals surface area contributed by atoms with Gasteiger partial charge in [-0.2, -0.15) is 5.10 Å². The molecule has 6 nitrogen and oxygen atoms in total. The molecule has 2 aromatic heterocycles. The van der Waals surface area contributed by atoms with Crippen LogP contribution in [0.1, 0.15) is 35.0 Å². The van der Waals surface area contributed by atoms with Gasteiger partial charge in [-0.15, -0.1) is 0 Å². The lowest BCUT2D eigenvalue weighted by atomic mass is 9.95. The molecule has 1 aliphatic rings. The fourth-order valence-corrected chi connectivity index (χ4v) is 2.96. The molecule has 0 saturated carbocycles. The number of rotatable bonds is 4. The molecule has 1 N–H and O–H groups in total. The van der Waals surface area contributed by atoms with E-state index in [1.165, 1.54) is 0 Å². The third-order valence-electron chi connectivity index (χ3n) is 4.56. The lowest BCUT2D eigenvalue weighted by molar-refractivity contribution is -0.127. The largest absolute Gasteiger partial charge is 0.373 e. The van der Waals surface area contributed by atoms with Crippen LogP contribution in [0.15, 0.2) is 24.5 Å². The molecule has 1 aliphatic heterocycles. The Morgan fingerprint density at radius 2 is 2.30 bits per heavy atom. The average Bonchev–Trinajstić information content (AvgIpc) is 3.14. The van der Waals surface area contributed by atoms with Gasteiger partial charge in [-0.25, -0.2) is 0 Å². The van der Waals surface area contributed by atoms with Crippen LogP contribution < -0.4 is 5.32 Å². The van der Waals surface area contributed by atoms with Crippen LogP contribution in [0.25, 0.3) is 0 Å². The minimum Gasteiger partial charge on any atom is -0.373 e. The second kappa shape index (κ2) is 6.50. The maximum Gasteiger partial charge on any atom is 0.226 e. The molecule has 3 heterocycles. The summed E-state index contributed by atoms with van der Waals surface area (Å²) < 4.78 is 7.62. The van der Waals surface area contributed by atoms with Gasteiger partial charge in [0.2, 0.25) is 5.91 Å². The Hall–Kier alpha value is -2.21. The molecule has 1 fully saturated rings. The summed E-state index contributed by atoms with van der Waals surface area (Å²) >= 11 is 0. The van der Waals surface area contributed by atoms with E-state index in [2.05, 4.69) is 15.4 Å². The first-order valence-corrected chi connectivity index (χ1v) is 7.86. The van der Waals surface area contributed by atoms with Gasteiger partial charge in [0.05, 0.1) is 30.5 Å². The van der Waals surface area contributed by atoms with E-state index in [9.17, 15) is 4.79 Å². The van der Waals surface area contributed by atoms with Crippen molar-refractivity contribution in [1.29, 1.82) is 0 Å². The van der Waals surface area contributed by atoms with Gasteiger partial charge in [-0.1, -0.05) is 6.07 Å². The van der Waals surface area contributed by atoms with Crippen molar-refractivity contribution in [3.8, 4) is 0 Å². The summed E-state index contributed by atoms with van der Waals surface area (Å²) in [4.78, 5) is 16.9. The van der Waals surface area contributed by atoms with Gasteiger partial charge < -0.3 is 10.1 Å². The summed E-state index contributed by atoms with van der Waals surface area (Å²) in [5, 5.41) is 7.25. The number of nitrogens with zero attached hydrogens (tertiary/aromatic N) is 3. The van der Waals surface area contributed by atoms with Gasteiger partial charge in [0.1, 0.15) is 0 Å². The highest BCUT2D eigenvalue weighted by Gasteiger charge is 2.36. The number of nitrogens with one attached hydrogen (secondary N) is 1. The van der Waals surface area contributed by atoms with Gasteiger partial charge in [-0.05, 0) is 31.9 Å². The first-order valence-electron chi connectivity index (χ1n) is 7.86. The summed E-state index contributed by atoms with van der Waals surface area (Å²) in [7, 11) is 1.90. The molecule has 1 amide bonds. The van der Waals surface area contributed by atoms with Crippen molar-refractivity contribution >= 4 is 5.91 Å². The number of hydrogen-bond acceptors (Lipinski definition) is 4. The lowest BCUT2D eigenvalue weighted by Gasteiger charge is -2.18. The predicted octanol–water partition coefficient (Wildman–Crippen LogP) is 1.83. The minimum absolute atomic E-state index is 0.0146. The maximum atomic E-state index is 12.6. The summed E-state index contributed by atoms with van der Waals surface area (Å²) in [6, 6.07) is 3.89. The molecule has 3 rings (SSSR count). The van der Waals surface area contributed by atoms with Crippen LogP contribution >= 0.6 is 0 Å². The number of carbonyl (C=O) groups is 1. The molecule has 2 aromatic rings. The van der Waals surface area contributed by atoms with E-state index < -0.39 is 0 Å². The van der Waals surface area contributed by atoms with Crippen molar-refractivity contribution in [1.82, 2.24) is 20.1 Å².